The summed E-state index contributed by atoms with van der Waals surface area (Å²) in [5.41, 5.74) is 4.69. The molecule has 0 aliphatic heterocycles. The highest BCUT2D eigenvalue weighted by Crippen LogP contribution is 2.31. The van der Waals surface area contributed by atoms with Crippen molar-refractivity contribution >= 4 is 21.6 Å². The number of nitrogens with one attached hydrogen (secondary N) is 2. The highest BCUT2D eigenvalue weighted by molar-refractivity contribution is 7.92. The molecule has 2 aromatic rings. The summed E-state index contributed by atoms with van der Waals surface area (Å²) in [4.78, 5) is 12.5. The highest BCUT2D eigenvalue weighted by Gasteiger charge is 2.24. The zero-order valence-corrected chi connectivity index (χ0v) is 15.2. The molecule has 0 fully saturated rings. The van der Waals surface area contributed by atoms with Gasteiger partial charge in [-0.2, -0.15) is 0 Å². The second-order valence-corrected chi connectivity index (χ2v) is 8.36. The van der Waals surface area contributed by atoms with Crippen LogP contribution in [0.25, 0.3) is 0 Å². The van der Waals surface area contributed by atoms with E-state index >= 15 is 0 Å². The molecule has 0 saturated carbocycles. The first-order chi connectivity index (χ1) is 11.9. The van der Waals surface area contributed by atoms with Gasteiger partial charge in [0.15, 0.2) is 0 Å². The van der Waals surface area contributed by atoms with Crippen LogP contribution in [-0.2, 0) is 16.4 Å². The average Bonchev–Trinajstić information content (AvgIpc) is 2.97. The van der Waals surface area contributed by atoms with Gasteiger partial charge in [-0.3, -0.25) is 9.52 Å². The Bertz CT molecular complexity index is 889. The van der Waals surface area contributed by atoms with Crippen LogP contribution in [0.5, 0.6) is 0 Å². The van der Waals surface area contributed by atoms with Gasteiger partial charge in [0.25, 0.3) is 5.91 Å². The number of carbonyl (C=O) groups is 1. The van der Waals surface area contributed by atoms with Crippen molar-refractivity contribution in [3.05, 3.63) is 64.7 Å². The summed E-state index contributed by atoms with van der Waals surface area (Å²) in [5, 5.41) is 3.07. The first kappa shape index (κ1) is 17.5. The van der Waals surface area contributed by atoms with Crippen LogP contribution in [0.15, 0.2) is 42.5 Å². The molecular formula is C19H22N2O3S. The lowest BCUT2D eigenvalue weighted by Crippen LogP contribution is -2.27. The van der Waals surface area contributed by atoms with Crippen LogP contribution in [0.2, 0.25) is 0 Å². The van der Waals surface area contributed by atoms with Crippen LogP contribution in [0.4, 0.5) is 5.69 Å². The number of carbonyl (C=O) groups excluding carboxylic acids is 1. The summed E-state index contributed by atoms with van der Waals surface area (Å²) in [7, 11) is -3.31. The summed E-state index contributed by atoms with van der Waals surface area (Å²) < 4.78 is 25.6. The van der Waals surface area contributed by atoms with Crippen molar-refractivity contribution < 1.29 is 13.2 Å². The molecule has 0 aromatic heterocycles. The van der Waals surface area contributed by atoms with Gasteiger partial charge in [-0.15, -0.1) is 0 Å². The van der Waals surface area contributed by atoms with Crippen molar-refractivity contribution in [2.75, 3.05) is 10.5 Å². The number of amides is 1. The van der Waals surface area contributed by atoms with Crippen molar-refractivity contribution in [2.45, 2.75) is 32.7 Å². The molecule has 3 rings (SSSR count). The fourth-order valence-corrected chi connectivity index (χ4v) is 3.72. The van der Waals surface area contributed by atoms with E-state index in [0.29, 0.717) is 11.3 Å². The van der Waals surface area contributed by atoms with Crippen LogP contribution in [0.1, 0.15) is 46.4 Å². The average molecular weight is 358 g/mol. The van der Waals surface area contributed by atoms with Crippen molar-refractivity contribution in [1.29, 1.82) is 0 Å². The van der Waals surface area contributed by atoms with Crippen molar-refractivity contribution in [2.24, 2.45) is 0 Å². The molecule has 0 spiro atoms. The van der Waals surface area contributed by atoms with E-state index in [1.54, 1.807) is 31.2 Å². The van der Waals surface area contributed by atoms with Gasteiger partial charge in [-0.1, -0.05) is 23.8 Å². The Morgan fingerprint density at radius 1 is 1.16 bits per heavy atom. The second-order valence-electron chi connectivity index (χ2n) is 6.35. The number of rotatable bonds is 5. The molecule has 0 bridgehead atoms. The van der Waals surface area contributed by atoms with E-state index < -0.39 is 10.0 Å². The van der Waals surface area contributed by atoms with Gasteiger partial charge in [0.1, 0.15) is 0 Å². The maximum atomic E-state index is 12.5. The SMILES string of the molecule is CCS(=O)(=O)Nc1ccc(C(=O)N[C@H]2CCc3cc(C)ccc32)cc1. The maximum absolute atomic E-state index is 12.5. The topological polar surface area (TPSA) is 75.3 Å². The molecule has 1 amide bonds. The van der Waals surface area contributed by atoms with E-state index in [1.807, 2.05) is 0 Å². The molecule has 2 N–H and O–H groups in total. The minimum absolute atomic E-state index is 0.00972. The summed E-state index contributed by atoms with van der Waals surface area (Å²) in [6.45, 7) is 3.64. The fraction of sp³-hybridized carbons (Fsp3) is 0.316. The molecule has 1 aliphatic rings. The number of anilines is 1. The predicted octanol–water partition coefficient (Wildman–Crippen LogP) is 3.17. The molecule has 5 nitrogen and oxygen atoms in total. The standard InChI is InChI=1S/C19H22N2O3S/c1-3-25(23,24)21-16-8-5-14(6-9-16)19(22)20-18-11-7-15-12-13(2)4-10-17(15)18/h4-6,8-10,12,18,21H,3,7,11H2,1-2H3,(H,20,22)/t18-/m0/s1. The minimum Gasteiger partial charge on any atom is -0.345 e. The molecular weight excluding hydrogens is 336 g/mol. The fourth-order valence-electron chi connectivity index (χ4n) is 3.08. The number of sulfonamides is 1. The maximum Gasteiger partial charge on any atom is 0.251 e. The predicted molar refractivity (Wildman–Crippen MR) is 99.2 cm³/mol. The van der Waals surface area contributed by atoms with E-state index in [4.69, 9.17) is 0 Å². The Hall–Kier alpha value is -2.34. The van der Waals surface area contributed by atoms with E-state index in [9.17, 15) is 13.2 Å². The Morgan fingerprint density at radius 3 is 2.56 bits per heavy atom. The van der Waals surface area contributed by atoms with Gasteiger partial charge in [-0.25, -0.2) is 8.42 Å². The molecule has 0 saturated heterocycles. The van der Waals surface area contributed by atoms with Gasteiger partial charge in [0.2, 0.25) is 10.0 Å². The first-order valence-corrected chi connectivity index (χ1v) is 10.0. The Labute approximate surface area is 148 Å². The molecule has 0 heterocycles. The quantitative estimate of drug-likeness (QED) is 0.862. The molecule has 2 aromatic carbocycles. The first-order valence-electron chi connectivity index (χ1n) is 8.39. The van der Waals surface area contributed by atoms with Gasteiger partial charge in [0.05, 0.1) is 11.8 Å². The molecule has 25 heavy (non-hydrogen) atoms. The van der Waals surface area contributed by atoms with Crippen molar-refractivity contribution in [3.63, 3.8) is 0 Å². The smallest absolute Gasteiger partial charge is 0.251 e. The minimum atomic E-state index is -3.31. The summed E-state index contributed by atoms with van der Waals surface area (Å²) >= 11 is 0. The lowest BCUT2D eigenvalue weighted by atomic mass is 10.1. The summed E-state index contributed by atoms with van der Waals surface area (Å²) in [6, 6.07) is 12.8. The number of aryl methyl sites for hydroxylation is 2. The zero-order valence-electron chi connectivity index (χ0n) is 14.4. The van der Waals surface area contributed by atoms with Crippen molar-refractivity contribution in [1.82, 2.24) is 5.32 Å². The number of hydrogen-bond donors (Lipinski definition) is 2. The Balaban J connectivity index is 1.69. The second kappa shape index (κ2) is 6.88. The van der Waals surface area contributed by atoms with Gasteiger partial charge in [-0.05, 0) is 62.1 Å². The van der Waals surface area contributed by atoms with Gasteiger partial charge in [0, 0.05) is 11.3 Å². The van der Waals surface area contributed by atoms with Crippen LogP contribution in [0.3, 0.4) is 0 Å². The lowest BCUT2D eigenvalue weighted by molar-refractivity contribution is 0.0936. The van der Waals surface area contributed by atoms with Crippen LogP contribution in [-0.4, -0.2) is 20.1 Å². The van der Waals surface area contributed by atoms with Gasteiger partial charge >= 0.3 is 0 Å². The van der Waals surface area contributed by atoms with E-state index in [2.05, 4.69) is 35.2 Å². The summed E-state index contributed by atoms with van der Waals surface area (Å²) in [6.07, 6.45) is 1.87. The molecule has 0 unspecified atom stereocenters. The van der Waals surface area contributed by atoms with Gasteiger partial charge < -0.3 is 5.32 Å². The van der Waals surface area contributed by atoms with Crippen molar-refractivity contribution in [3.8, 4) is 0 Å². The summed E-state index contributed by atoms with van der Waals surface area (Å²) in [5.74, 6) is -0.140. The van der Waals surface area contributed by atoms with Crippen LogP contribution >= 0.6 is 0 Å². The van der Waals surface area contributed by atoms with E-state index in [1.165, 1.54) is 16.7 Å². The number of hydrogen-bond acceptors (Lipinski definition) is 3. The molecule has 1 atom stereocenters. The third kappa shape index (κ3) is 4.02. The zero-order chi connectivity index (χ0) is 18.0. The van der Waals surface area contributed by atoms with E-state index in [-0.39, 0.29) is 17.7 Å². The highest BCUT2D eigenvalue weighted by atomic mass is 32.2. The third-order valence-electron chi connectivity index (χ3n) is 4.48. The molecule has 132 valence electrons. The van der Waals surface area contributed by atoms with Crippen LogP contribution < -0.4 is 10.0 Å². The Kier molecular flexibility index (Phi) is 4.81. The van der Waals surface area contributed by atoms with E-state index in [0.717, 1.165) is 12.8 Å². The number of benzene rings is 2. The normalized spacial score (nSPS) is 16.3. The number of fused-ring (bicyclic) bond motifs is 1. The largest absolute Gasteiger partial charge is 0.345 e. The Morgan fingerprint density at radius 2 is 1.88 bits per heavy atom. The lowest BCUT2D eigenvalue weighted by Gasteiger charge is -2.15. The molecule has 1 aliphatic carbocycles. The monoisotopic (exact) mass is 358 g/mol. The third-order valence-corrected chi connectivity index (χ3v) is 5.79. The molecule has 6 heteroatoms. The van der Waals surface area contributed by atoms with Crippen LogP contribution in [0, 0.1) is 6.92 Å². The molecule has 0 radical (unpaired) electrons.